The van der Waals surface area contributed by atoms with E-state index in [0.717, 1.165) is 16.7 Å². The van der Waals surface area contributed by atoms with Gasteiger partial charge in [0.15, 0.2) is 0 Å². The number of ketones is 1. The van der Waals surface area contributed by atoms with Gasteiger partial charge in [-0.25, -0.2) is 4.39 Å². The molecule has 1 aliphatic heterocycles. The second kappa shape index (κ2) is 4.66. The molecular weight excluding hydrogens is 297 g/mol. The van der Waals surface area contributed by atoms with E-state index in [2.05, 4.69) is 5.10 Å². The molecule has 2 heterocycles. The maximum atomic E-state index is 14.0. The predicted molar refractivity (Wildman–Crippen MR) is 74.9 cm³/mol. The Bertz CT molecular complexity index is 785. The number of aryl methyl sites for hydroxylation is 2. The van der Waals surface area contributed by atoms with Crippen molar-refractivity contribution in [3.63, 3.8) is 0 Å². The van der Waals surface area contributed by atoms with E-state index in [9.17, 15) is 14.0 Å². The van der Waals surface area contributed by atoms with Gasteiger partial charge in [0.25, 0.3) is 11.7 Å². The van der Waals surface area contributed by atoms with Crippen LogP contribution in [0.15, 0.2) is 18.2 Å². The summed E-state index contributed by atoms with van der Waals surface area (Å²) < 4.78 is 15.6. The van der Waals surface area contributed by atoms with Gasteiger partial charge < -0.3 is 0 Å². The number of carbonyl (C=O) groups is 2. The summed E-state index contributed by atoms with van der Waals surface area (Å²) in [4.78, 5) is 25.2. The SMILES string of the molecule is Cc1cc(CN2C(=O)C(=O)c3c(Cl)ccc(F)c32)n(C)n1. The Morgan fingerprint density at radius 2 is 2.05 bits per heavy atom. The molecule has 1 aromatic heterocycles. The normalized spacial score (nSPS) is 14.0. The third kappa shape index (κ3) is 2.03. The Morgan fingerprint density at radius 1 is 1.33 bits per heavy atom. The summed E-state index contributed by atoms with van der Waals surface area (Å²) in [6.07, 6.45) is 0. The first-order valence-electron chi connectivity index (χ1n) is 6.24. The number of hydrogen-bond acceptors (Lipinski definition) is 3. The molecule has 2 aromatic rings. The monoisotopic (exact) mass is 307 g/mol. The molecule has 3 rings (SSSR count). The molecule has 0 aliphatic carbocycles. The molecular formula is C14H11ClFN3O2. The van der Waals surface area contributed by atoms with Crippen LogP contribution in [0.4, 0.5) is 10.1 Å². The van der Waals surface area contributed by atoms with Crippen LogP contribution in [-0.4, -0.2) is 21.5 Å². The van der Waals surface area contributed by atoms with Crippen molar-refractivity contribution in [3.05, 3.63) is 46.0 Å². The molecule has 1 amide bonds. The molecule has 7 heteroatoms. The van der Waals surface area contributed by atoms with Crippen LogP contribution in [0.3, 0.4) is 0 Å². The number of Topliss-reactive ketones (excluding diaryl/α,β-unsaturated/α-hetero) is 1. The lowest BCUT2D eigenvalue weighted by Gasteiger charge is -2.17. The van der Waals surface area contributed by atoms with Crippen LogP contribution in [0.25, 0.3) is 0 Å². The second-order valence-electron chi connectivity index (χ2n) is 4.87. The van der Waals surface area contributed by atoms with Gasteiger partial charge in [-0.2, -0.15) is 5.10 Å². The topological polar surface area (TPSA) is 55.2 Å². The van der Waals surface area contributed by atoms with Gasteiger partial charge >= 0.3 is 0 Å². The zero-order chi connectivity index (χ0) is 15.3. The molecule has 0 radical (unpaired) electrons. The van der Waals surface area contributed by atoms with E-state index < -0.39 is 17.5 Å². The summed E-state index contributed by atoms with van der Waals surface area (Å²) in [5, 5.41) is 4.24. The Hall–Kier alpha value is -2.21. The van der Waals surface area contributed by atoms with Crippen LogP contribution < -0.4 is 4.90 Å². The number of carbonyl (C=O) groups excluding carboxylic acids is 2. The summed E-state index contributed by atoms with van der Waals surface area (Å²) in [5.41, 5.74) is 1.34. The average Bonchev–Trinajstić information content (AvgIpc) is 2.87. The summed E-state index contributed by atoms with van der Waals surface area (Å²) in [7, 11) is 1.72. The van der Waals surface area contributed by atoms with Gasteiger partial charge in [-0.05, 0) is 25.1 Å². The first-order valence-corrected chi connectivity index (χ1v) is 6.61. The molecule has 0 bridgehead atoms. The number of halogens is 2. The minimum absolute atomic E-state index is 0.0589. The summed E-state index contributed by atoms with van der Waals surface area (Å²) in [6.45, 7) is 1.87. The highest BCUT2D eigenvalue weighted by Gasteiger charge is 2.40. The van der Waals surface area contributed by atoms with Crippen LogP contribution in [0.1, 0.15) is 21.7 Å². The van der Waals surface area contributed by atoms with Crippen molar-refractivity contribution in [2.75, 3.05) is 4.90 Å². The van der Waals surface area contributed by atoms with Gasteiger partial charge in [-0.3, -0.25) is 19.2 Å². The van der Waals surface area contributed by atoms with E-state index in [1.54, 1.807) is 17.8 Å². The van der Waals surface area contributed by atoms with Crippen molar-refractivity contribution in [2.24, 2.45) is 7.05 Å². The molecule has 5 nitrogen and oxygen atoms in total. The van der Waals surface area contributed by atoms with Gasteiger partial charge in [-0.1, -0.05) is 11.6 Å². The number of hydrogen-bond donors (Lipinski definition) is 0. The maximum Gasteiger partial charge on any atom is 0.299 e. The Labute approximate surface area is 124 Å². The Kier molecular flexibility index (Phi) is 3.06. The van der Waals surface area contributed by atoms with Gasteiger partial charge in [0, 0.05) is 7.05 Å². The van der Waals surface area contributed by atoms with Gasteiger partial charge in [0.2, 0.25) is 0 Å². The quantitative estimate of drug-likeness (QED) is 0.800. The molecule has 0 unspecified atom stereocenters. The molecule has 108 valence electrons. The first-order chi connectivity index (χ1) is 9.90. The number of rotatable bonds is 2. The van der Waals surface area contributed by atoms with Gasteiger partial charge in [0.05, 0.1) is 34.2 Å². The van der Waals surface area contributed by atoms with Crippen molar-refractivity contribution in [1.29, 1.82) is 0 Å². The minimum Gasteiger partial charge on any atom is -0.296 e. The number of nitrogens with zero attached hydrogens (tertiary/aromatic N) is 3. The van der Waals surface area contributed by atoms with Crippen LogP contribution in [0, 0.1) is 12.7 Å². The van der Waals surface area contributed by atoms with Crippen molar-refractivity contribution < 1.29 is 14.0 Å². The standard InChI is InChI=1S/C14H11ClFN3O2/c1-7-5-8(18(2)17-7)6-19-12-10(16)4-3-9(15)11(12)13(20)14(19)21/h3-5H,6H2,1-2H3. The number of aromatic nitrogens is 2. The van der Waals surface area contributed by atoms with E-state index >= 15 is 0 Å². The smallest absolute Gasteiger partial charge is 0.296 e. The largest absolute Gasteiger partial charge is 0.299 e. The van der Waals surface area contributed by atoms with Crippen LogP contribution in [0.5, 0.6) is 0 Å². The molecule has 0 N–H and O–H groups in total. The molecule has 1 aliphatic rings. The van der Waals surface area contributed by atoms with Crippen LogP contribution in [-0.2, 0) is 18.4 Å². The zero-order valence-electron chi connectivity index (χ0n) is 11.4. The third-order valence-corrected chi connectivity index (χ3v) is 3.75. The maximum absolute atomic E-state index is 14.0. The second-order valence-corrected chi connectivity index (χ2v) is 5.28. The lowest BCUT2D eigenvalue weighted by Crippen LogP contribution is -2.30. The highest BCUT2D eigenvalue weighted by Crippen LogP contribution is 2.37. The van der Waals surface area contributed by atoms with Crippen molar-refractivity contribution in [2.45, 2.75) is 13.5 Å². The molecule has 0 spiro atoms. The van der Waals surface area contributed by atoms with E-state index in [-0.39, 0.29) is 22.8 Å². The zero-order valence-corrected chi connectivity index (χ0v) is 12.1. The van der Waals surface area contributed by atoms with E-state index in [4.69, 9.17) is 11.6 Å². The summed E-state index contributed by atoms with van der Waals surface area (Å²) in [5.74, 6) is -2.21. The van der Waals surface area contributed by atoms with Gasteiger partial charge in [-0.15, -0.1) is 0 Å². The number of benzene rings is 1. The fourth-order valence-corrected chi connectivity index (χ4v) is 2.72. The summed E-state index contributed by atoms with van der Waals surface area (Å²) in [6, 6.07) is 4.20. The van der Waals surface area contributed by atoms with Crippen LogP contribution >= 0.6 is 11.6 Å². The third-order valence-electron chi connectivity index (χ3n) is 3.43. The predicted octanol–water partition coefficient (Wildman–Crippen LogP) is 2.25. The molecule has 0 fully saturated rings. The van der Waals surface area contributed by atoms with E-state index in [1.807, 2.05) is 6.92 Å². The average molecular weight is 308 g/mol. The first kappa shape index (κ1) is 13.8. The minimum atomic E-state index is -0.784. The molecule has 0 saturated heterocycles. The lowest BCUT2D eigenvalue weighted by molar-refractivity contribution is -0.114. The van der Waals surface area contributed by atoms with E-state index in [1.165, 1.54) is 6.07 Å². The number of fused-ring (bicyclic) bond motifs is 1. The van der Waals surface area contributed by atoms with Crippen molar-refractivity contribution >= 4 is 29.0 Å². The number of amides is 1. The molecule has 21 heavy (non-hydrogen) atoms. The fourth-order valence-electron chi connectivity index (χ4n) is 2.48. The van der Waals surface area contributed by atoms with Crippen molar-refractivity contribution in [1.82, 2.24) is 9.78 Å². The highest BCUT2D eigenvalue weighted by atomic mass is 35.5. The fraction of sp³-hybridized carbons (Fsp3) is 0.214. The highest BCUT2D eigenvalue weighted by molar-refractivity contribution is 6.55. The lowest BCUT2D eigenvalue weighted by atomic mass is 10.1. The molecule has 1 aromatic carbocycles. The van der Waals surface area contributed by atoms with Gasteiger partial charge in [0.1, 0.15) is 5.82 Å². The van der Waals surface area contributed by atoms with Crippen molar-refractivity contribution in [3.8, 4) is 0 Å². The molecule has 0 atom stereocenters. The summed E-state index contributed by atoms with van der Waals surface area (Å²) >= 11 is 5.92. The Morgan fingerprint density at radius 3 is 2.67 bits per heavy atom. The van der Waals surface area contributed by atoms with Crippen LogP contribution in [0.2, 0.25) is 5.02 Å². The molecule has 0 saturated carbocycles. The number of anilines is 1. The van der Waals surface area contributed by atoms with E-state index in [0.29, 0.717) is 5.69 Å². The Balaban J connectivity index is 2.10.